The van der Waals surface area contributed by atoms with E-state index in [1.54, 1.807) is 12.1 Å². The van der Waals surface area contributed by atoms with Crippen LogP contribution in [0.2, 0.25) is 0 Å². The fourth-order valence-corrected chi connectivity index (χ4v) is 3.39. The number of amides is 1. The normalized spacial score (nSPS) is 15.7. The Morgan fingerprint density at radius 1 is 1.12 bits per heavy atom. The molecular formula is C20H20FN3O. The van der Waals surface area contributed by atoms with Gasteiger partial charge in [0.15, 0.2) is 5.69 Å². The first-order valence-electron chi connectivity index (χ1n) is 8.66. The number of hydrogen-bond donors (Lipinski definition) is 0. The quantitative estimate of drug-likeness (QED) is 0.708. The van der Waals surface area contributed by atoms with E-state index in [4.69, 9.17) is 0 Å². The Kier molecular flexibility index (Phi) is 3.99. The number of hydrogen-bond acceptors (Lipinski definition) is 2. The number of halogens is 1. The molecule has 0 saturated carbocycles. The Balaban J connectivity index is 1.81. The summed E-state index contributed by atoms with van der Waals surface area (Å²) in [6.45, 7) is 3.74. The van der Waals surface area contributed by atoms with Crippen molar-refractivity contribution in [3.63, 3.8) is 0 Å². The van der Waals surface area contributed by atoms with Gasteiger partial charge < -0.3 is 4.90 Å². The summed E-state index contributed by atoms with van der Waals surface area (Å²) < 4.78 is 15.2. The van der Waals surface area contributed by atoms with Crippen LogP contribution >= 0.6 is 0 Å². The second-order valence-electron chi connectivity index (χ2n) is 6.72. The van der Waals surface area contributed by atoms with Crippen molar-refractivity contribution >= 4 is 11.6 Å². The van der Waals surface area contributed by atoms with Crippen molar-refractivity contribution in [2.45, 2.75) is 19.8 Å². The highest BCUT2D eigenvalue weighted by Gasteiger charge is 2.27. The summed E-state index contributed by atoms with van der Waals surface area (Å²) in [6, 6.07) is 11.9. The minimum Gasteiger partial charge on any atom is -0.337 e. The van der Waals surface area contributed by atoms with Gasteiger partial charge in [-0.2, -0.15) is 0 Å². The van der Waals surface area contributed by atoms with Gasteiger partial charge in [0, 0.05) is 24.8 Å². The van der Waals surface area contributed by atoms with Crippen LogP contribution in [0.4, 0.5) is 4.39 Å². The molecule has 0 unspecified atom stereocenters. The Bertz CT molecular complexity index is 908. The van der Waals surface area contributed by atoms with Crippen molar-refractivity contribution in [3.8, 4) is 11.3 Å². The van der Waals surface area contributed by atoms with Crippen molar-refractivity contribution in [1.29, 1.82) is 0 Å². The van der Waals surface area contributed by atoms with E-state index in [0.29, 0.717) is 11.6 Å². The zero-order valence-electron chi connectivity index (χ0n) is 14.2. The highest BCUT2D eigenvalue weighted by Crippen LogP contribution is 2.28. The molecule has 2 aromatic heterocycles. The van der Waals surface area contributed by atoms with E-state index in [9.17, 15) is 9.18 Å². The maximum absolute atomic E-state index is 13.3. The molecule has 128 valence electrons. The maximum Gasteiger partial charge on any atom is 0.274 e. The summed E-state index contributed by atoms with van der Waals surface area (Å²) in [5, 5.41) is 0. The van der Waals surface area contributed by atoms with E-state index >= 15 is 0 Å². The minimum atomic E-state index is -0.296. The van der Waals surface area contributed by atoms with Crippen molar-refractivity contribution in [2.75, 3.05) is 13.1 Å². The first-order valence-corrected chi connectivity index (χ1v) is 8.66. The minimum absolute atomic E-state index is 0.0464. The average Bonchev–Trinajstić information content (AvgIpc) is 3.02. The summed E-state index contributed by atoms with van der Waals surface area (Å²) in [5.41, 5.74) is 2.66. The van der Waals surface area contributed by atoms with Gasteiger partial charge >= 0.3 is 0 Å². The van der Waals surface area contributed by atoms with Gasteiger partial charge in [0.1, 0.15) is 11.5 Å². The molecule has 0 aliphatic carbocycles. The first kappa shape index (κ1) is 15.8. The molecule has 1 saturated heterocycles. The number of fused-ring (bicyclic) bond motifs is 1. The Labute approximate surface area is 145 Å². The van der Waals surface area contributed by atoms with Crippen LogP contribution in [-0.4, -0.2) is 33.3 Å². The van der Waals surface area contributed by atoms with Crippen molar-refractivity contribution < 1.29 is 9.18 Å². The lowest BCUT2D eigenvalue weighted by atomic mass is 9.99. The Hall–Kier alpha value is -2.69. The fraction of sp³-hybridized carbons (Fsp3) is 0.300. The van der Waals surface area contributed by atoms with Gasteiger partial charge in [0.25, 0.3) is 5.91 Å². The van der Waals surface area contributed by atoms with Gasteiger partial charge in [-0.05, 0) is 55.2 Å². The number of benzene rings is 1. The summed E-state index contributed by atoms with van der Waals surface area (Å²) in [5.74, 6) is 0.312. The number of piperidine rings is 1. The molecule has 1 amide bonds. The second-order valence-corrected chi connectivity index (χ2v) is 6.72. The van der Waals surface area contributed by atoms with Crippen LogP contribution < -0.4 is 0 Å². The molecule has 0 bridgehead atoms. The maximum atomic E-state index is 13.3. The number of aromatic nitrogens is 2. The zero-order valence-corrected chi connectivity index (χ0v) is 14.2. The lowest BCUT2D eigenvalue weighted by molar-refractivity contribution is 0.0693. The number of rotatable bonds is 2. The van der Waals surface area contributed by atoms with E-state index in [0.717, 1.165) is 42.8 Å². The molecule has 0 spiro atoms. The summed E-state index contributed by atoms with van der Waals surface area (Å²) in [4.78, 5) is 19.6. The standard InChI is InChI=1S/C20H20FN3O/c1-14-9-12-23(13-10-14)20(25)18-19(15-5-7-16(21)8-6-15)24-11-3-2-4-17(24)22-18/h2-8,11,14H,9-10,12-13H2,1H3. The van der Waals surface area contributed by atoms with Crippen molar-refractivity contribution in [2.24, 2.45) is 5.92 Å². The first-order chi connectivity index (χ1) is 12.1. The van der Waals surface area contributed by atoms with Crippen LogP contribution in [0, 0.1) is 11.7 Å². The lowest BCUT2D eigenvalue weighted by Crippen LogP contribution is -2.38. The molecule has 4 rings (SSSR count). The molecule has 25 heavy (non-hydrogen) atoms. The Morgan fingerprint density at radius 3 is 2.56 bits per heavy atom. The molecule has 1 aliphatic heterocycles. The number of nitrogens with zero attached hydrogens (tertiary/aromatic N) is 3. The average molecular weight is 337 g/mol. The largest absolute Gasteiger partial charge is 0.337 e. The molecule has 3 heterocycles. The molecule has 1 fully saturated rings. The van der Waals surface area contributed by atoms with Gasteiger partial charge in [0.05, 0.1) is 5.69 Å². The number of carbonyl (C=O) groups excluding carboxylic acids is 1. The molecule has 5 heteroatoms. The summed E-state index contributed by atoms with van der Waals surface area (Å²) in [6.07, 6.45) is 3.92. The van der Waals surface area contributed by atoms with Gasteiger partial charge in [-0.25, -0.2) is 9.37 Å². The monoisotopic (exact) mass is 337 g/mol. The third-order valence-electron chi connectivity index (χ3n) is 4.92. The van der Waals surface area contributed by atoms with Gasteiger partial charge in [0.2, 0.25) is 0 Å². The van der Waals surface area contributed by atoms with E-state index in [1.165, 1.54) is 12.1 Å². The summed E-state index contributed by atoms with van der Waals surface area (Å²) in [7, 11) is 0. The molecule has 0 N–H and O–H groups in total. The molecule has 0 atom stereocenters. The molecule has 3 aromatic rings. The fourth-order valence-electron chi connectivity index (χ4n) is 3.39. The number of imidazole rings is 1. The van der Waals surface area contributed by atoms with Crippen LogP contribution in [0.15, 0.2) is 48.7 Å². The van der Waals surface area contributed by atoms with E-state index in [-0.39, 0.29) is 11.7 Å². The zero-order chi connectivity index (χ0) is 17.4. The van der Waals surface area contributed by atoms with E-state index < -0.39 is 0 Å². The van der Waals surface area contributed by atoms with Crippen LogP contribution in [0.1, 0.15) is 30.3 Å². The lowest BCUT2D eigenvalue weighted by Gasteiger charge is -2.30. The highest BCUT2D eigenvalue weighted by atomic mass is 19.1. The predicted molar refractivity (Wildman–Crippen MR) is 94.9 cm³/mol. The molecule has 0 radical (unpaired) electrons. The second kappa shape index (κ2) is 6.31. The van der Waals surface area contributed by atoms with Gasteiger partial charge in [-0.15, -0.1) is 0 Å². The third kappa shape index (κ3) is 2.90. The Morgan fingerprint density at radius 2 is 1.84 bits per heavy atom. The SMILES string of the molecule is CC1CCN(C(=O)c2nc3ccccn3c2-c2ccc(F)cc2)CC1. The predicted octanol–water partition coefficient (Wildman–Crippen LogP) is 4.01. The van der Waals surface area contributed by atoms with Gasteiger partial charge in [-0.1, -0.05) is 13.0 Å². The van der Waals surface area contributed by atoms with E-state index in [1.807, 2.05) is 33.7 Å². The molecule has 1 aliphatic rings. The van der Waals surface area contributed by atoms with Crippen LogP contribution in [0.5, 0.6) is 0 Å². The topological polar surface area (TPSA) is 37.6 Å². The molecule has 4 nitrogen and oxygen atoms in total. The number of pyridine rings is 1. The molecule has 1 aromatic carbocycles. The number of likely N-dealkylation sites (tertiary alicyclic amines) is 1. The van der Waals surface area contributed by atoms with Crippen molar-refractivity contribution in [1.82, 2.24) is 14.3 Å². The number of carbonyl (C=O) groups is 1. The van der Waals surface area contributed by atoms with Crippen molar-refractivity contribution in [3.05, 3.63) is 60.2 Å². The van der Waals surface area contributed by atoms with Gasteiger partial charge in [-0.3, -0.25) is 9.20 Å². The van der Waals surface area contributed by atoms with Crippen LogP contribution in [-0.2, 0) is 0 Å². The van der Waals surface area contributed by atoms with Crippen LogP contribution in [0.25, 0.3) is 16.9 Å². The highest BCUT2D eigenvalue weighted by molar-refractivity contribution is 5.99. The van der Waals surface area contributed by atoms with E-state index in [2.05, 4.69) is 11.9 Å². The third-order valence-corrected chi connectivity index (χ3v) is 4.92. The summed E-state index contributed by atoms with van der Waals surface area (Å²) >= 11 is 0. The molecular weight excluding hydrogens is 317 g/mol. The van der Waals surface area contributed by atoms with Crippen LogP contribution in [0.3, 0.4) is 0 Å². The smallest absolute Gasteiger partial charge is 0.274 e.